The lowest BCUT2D eigenvalue weighted by molar-refractivity contribution is -0.230. The van der Waals surface area contributed by atoms with Gasteiger partial charge in [-0.2, -0.15) is 0 Å². The van der Waals surface area contributed by atoms with Crippen LogP contribution < -0.4 is 0 Å². The average molecular weight is 343 g/mol. The average Bonchev–Trinajstić information content (AvgIpc) is 2.58. The molecule has 0 aromatic rings. The normalized spacial score (nSPS) is 12.9. The van der Waals surface area contributed by atoms with E-state index in [0.29, 0.717) is 18.1 Å². The monoisotopic (exact) mass is 342 g/mol. The minimum atomic E-state index is -0.582. The van der Waals surface area contributed by atoms with Crippen molar-refractivity contribution in [3.63, 3.8) is 0 Å². The van der Waals surface area contributed by atoms with Crippen LogP contribution in [0.3, 0.4) is 0 Å². The summed E-state index contributed by atoms with van der Waals surface area (Å²) >= 11 is 0. The van der Waals surface area contributed by atoms with Crippen LogP contribution in [0.25, 0.3) is 0 Å². The zero-order valence-electron chi connectivity index (χ0n) is 16.5. The number of rotatable bonds is 15. The van der Waals surface area contributed by atoms with Gasteiger partial charge in [0.1, 0.15) is 0 Å². The van der Waals surface area contributed by atoms with E-state index in [1.54, 1.807) is 21.1 Å². The zero-order valence-corrected chi connectivity index (χ0v) is 16.5. The molecule has 0 spiro atoms. The van der Waals surface area contributed by atoms with E-state index in [9.17, 15) is 4.79 Å². The SMILES string of the molecule is C=C(C)C(=O)OCCC[C@@H](CCCCCCCC)C(C)(OC)OC. The van der Waals surface area contributed by atoms with Gasteiger partial charge in [0, 0.05) is 25.7 Å². The quantitative estimate of drug-likeness (QED) is 0.176. The fourth-order valence-corrected chi connectivity index (χ4v) is 2.87. The third kappa shape index (κ3) is 9.43. The van der Waals surface area contributed by atoms with E-state index in [2.05, 4.69) is 13.5 Å². The number of hydrogen-bond acceptors (Lipinski definition) is 4. The first-order valence-electron chi connectivity index (χ1n) is 9.34. The van der Waals surface area contributed by atoms with Crippen LogP contribution in [0.4, 0.5) is 0 Å². The van der Waals surface area contributed by atoms with Gasteiger partial charge in [0.2, 0.25) is 0 Å². The van der Waals surface area contributed by atoms with Gasteiger partial charge in [0.05, 0.1) is 6.61 Å². The molecule has 0 amide bonds. The van der Waals surface area contributed by atoms with Crippen molar-refractivity contribution in [1.82, 2.24) is 0 Å². The predicted molar refractivity (Wildman–Crippen MR) is 98.9 cm³/mol. The fraction of sp³-hybridized carbons (Fsp3) is 0.850. The maximum Gasteiger partial charge on any atom is 0.333 e. The molecule has 1 atom stereocenters. The van der Waals surface area contributed by atoms with Crippen molar-refractivity contribution < 1.29 is 19.0 Å². The molecule has 0 rings (SSSR count). The molecular formula is C20H38O4. The van der Waals surface area contributed by atoms with Crippen molar-refractivity contribution in [1.29, 1.82) is 0 Å². The van der Waals surface area contributed by atoms with Gasteiger partial charge in [-0.05, 0) is 33.1 Å². The lowest BCUT2D eigenvalue weighted by Gasteiger charge is -2.35. The largest absolute Gasteiger partial charge is 0.462 e. The second-order valence-corrected chi connectivity index (χ2v) is 6.74. The Balaban J connectivity index is 4.29. The van der Waals surface area contributed by atoms with Gasteiger partial charge in [0.25, 0.3) is 0 Å². The number of carbonyl (C=O) groups is 1. The van der Waals surface area contributed by atoms with E-state index in [0.717, 1.165) is 19.3 Å². The van der Waals surface area contributed by atoms with Crippen LogP contribution in [0.15, 0.2) is 12.2 Å². The molecule has 0 bridgehead atoms. The number of unbranched alkanes of at least 4 members (excludes halogenated alkanes) is 5. The van der Waals surface area contributed by atoms with E-state index in [4.69, 9.17) is 14.2 Å². The summed E-state index contributed by atoms with van der Waals surface area (Å²) in [6, 6.07) is 0. The van der Waals surface area contributed by atoms with Gasteiger partial charge in [-0.1, -0.05) is 52.0 Å². The Morgan fingerprint density at radius 1 is 1.00 bits per heavy atom. The van der Waals surface area contributed by atoms with Crippen molar-refractivity contribution in [2.75, 3.05) is 20.8 Å². The Bertz CT molecular complexity index is 348. The van der Waals surface area contributed by atoms with E-state index in [1.165, 1.54) is 38.5 Å². The Morgan fingerprint density at radius 2 is 1.54 bits per heavy atom. The molecule has 0 aromatic heterocycles. The van der Waals surface area contributed by atoms with Crippen molar-refractivity contribution in [3.8, 4) is 0 Å². The van der Waals surface area contributed by atoms with Crippen molar-refractivity contribution in [2.24, 2.45) is 5.92 Å². The van der Waals surface area contributed by atoms with Gasteiger partial charge in [-0.25, -0.2) is 4.79 Å². The summed E-state index contributed by atoms with van der Waals surface area (Å²) in [5.41, 5.74) is 0.442. The Labute approximate surface area is 148 Å². The summed E-state index contributed by atoms with van der Waals surface area (Å²) in [5, 5.41) is 0. The highest BCUT2D eigenvalue weighted by molar-refractivity contribution is 5.86. The minimum absolute atomic E-state index is 0.294. The van der Waals surface area contributed by atoms with Gasteiger partial charge >= 0.3 is 5.97 Å². The molecule has 0 aliphatic heterocycles. The molecule has 0 aliphatic carbocycles. The first-order valence-corrected chi connectivity index (χ1v) is 9.34. The summed E-state index contributed by atoms with van der Waals surface area (Å²) in [6.45, 7) is 9.90. The van der Waals surface area contributed by atoms with Crippen LogP contribution in [0, 0.1) is 5.92 Å². The first-order chi connectivity index (χ1) is 11.4. The Hall–Kier alpha value is -0.870. The van der Waals surface area contributed by atoms with Crippen LogP contribution in [-0.4, -0.2) is 32.6 Å². The smallest absolute Gasteiger partial charge is 0.333 e. The van der Waals surface area contributed by atoms with Gasteiger partial charge in [0.15, 0.2) is 5.79 Å². The van der Waals surface area contributed by atoms with E-state index in [1.807, 2.05) is 6.92 Å². The first kappa shape index (κ1) is 23.1. The number of esters is 1. The highest BCUT2D eigenvalue weighted by Crippen LogP contribution is 2.31. The lowest BCUT2D eigenvalue weighted by Crippen LogP contribution is -2.39. The maximum atomic E-state index is 11.4. The molecule has 0 radical (unpaired) electrons. The number of hydrogen-bond donors (Lipinski definition) is 0. The van der Waals surface area contributed by atoms with Gasteiger partial charge in [-0.15, -0.1) is 0 Å². The summed E-state index contributed by atoms with van der Waals surface area (Å²) < 4.78 is 16.4. The molecule has 0 heterocycles. The molecule has 0 fully saturated rings. The molecule has 24 heavy (non-hydrogen) atoms. The number of methoxy groups -OCH3 is 2. The molecule has 0 aromatic carbocycles. The zero-order chi connectivity index (χ0) is 18.4. The second-order valence-electron chi connectivity index (χ2n) is 6.74. The Kier molecular flexibility index (Phi) is 12.9. The molecule has 0 saturated heterocycles. The topological polar surface area (TPSA) is 44.8 Å². The lowest BCUT2D eigenvalue weighted by atomic mass is 9.88. The highest BCUT2D eigenvalue weighted by Gasteiger charge is 2.33. The third-order valence-corrected chi connectivity index (χ3v) is 4.74. The molecule has 0 N–H and O–H groups in total. The molecule has 0 aliphatic rings. The van der Waals surface area contributed by atoms with Crippen molar-refractivity contribution >= 4 is 5.97 Å². The van der Waals surface area contributed by atoms with Gasteiger partial charge in [-0.3, -0.25) is 0 Å². The van der Waals surface area contributed by atoms with Crippen molar-refractivity contribution in [3.05, 3.63) is 12.2 Å². The summed E-state index contributed by atoms with van der Waals surface area (Å²) in [6.07, 6.45) is 10.4. The van der Waals surface area contributed by atoms with E-state index >= 15 is 0 Å². The molecule has 4 nitrogen and oxygen atoms in total. The number of ether oxygens (including phenoxy) is 3. The molecule has 0 unspecified atom stereocenters. The van der Waals surface area contributed by atoms with Crippen LogP contribution in [0.1, 0.15) is 78.6 Å². The van der Waals surface area contributed by atoms with E-state index < -0.39 is 5.79 Å². The van der Waals surface area contributed by atoms with Crippen LogP contribution >= 0.6 is 0 Å². The van der Waals surface area contributed by atoms with E-state index in [-0.39, 0.29) is 5.97 Å². The molecule has 4 heteroatoms. The maximum absolute atomic E-state index is 11.4. The fourth-order valence-electron chi connectivity index (χ4n) is 2.87. The van der Waals surface area contributed by atoms with Crippen LogP contribution in [0.2, 0.25) is 0 Å². The standard InChI is InChI=1S/C20H38O4/c1-7-8-9-10-11-12-14-18(20(4,22-5)23-6)15-13-16-24-19(21)17(2)3/h18H,2,7-16H2,1,3-6H3/t18-/m1/s1. The van der Waals surface area contributed by atoms with Gasteiger partial charge < -0.3 is 14.2 Å². The van der Waals surface area contributed by atoms with Crippen LogP contribution in [-0.2, 0) is 19.0 Å². The summed E-state index contributed by atoms with van der Waals surface area (Å²) in [7, 11) is 3.39. The molecular weight excluding hydrogens is 304 g/mol. The summed E-state index contributed by atoms with van der Waals surface area (Å²) in [4.78, 5) is 11.4. The summed E-state index contributed by atoms with van der Waals surface area (Å²) in [5.74, 6) is -0.604. The Morgan fingerprint density at radius 3 is 2.08 bits per heavy atom. The third-order valence-electron chi connectivity index (χ3n) is 4.74. The second kappa shape index (κ2) is 13.4. The van der Waals surface area contributed by atoms with Crippen LogP contribution in [0.5, 0.6) is 0 Å². The molecule has 0 saturated carbocycles. The van der Waals surface area contributed by atoms with Crippen molar-refractivity contribution in [2.45, 2.75) is 84.3 Å². The molecule has 142 valence electrons. The highest BCUT2D eigenvalue weighted by atomic mass is 16.7. The predicted octanol–water partition coefficient (Wildman–Crippen LogP) is 5.26. The minimum Gasteiger partial charge on any atom is -0.462 e. The number of carbonyl (C=O) groups excluding carboxylic acids is 1.